The number of nitriles is 1. The fourth-order valence-electron chi connectivity index (χ4n) is 3.22. The van der Waals surface area contributed by atoms with E-state index in [2.05, 4.69) is 36.9 Å². The van der Waals surface area contributed by atoms with Gasteiger partial charge in [0.25, 0.3) is 0 Å². The minimum Gasteiger partial charge on any atom is -0.308 e. The second kappa shape index (κ2) is 8.04. The molecule has 0 atom stereocenters. The molecule has 0 aliphatic rings. The van der Waals surface area contributed by atoms with Gasteiger partial charge in [0.05, 0.1) is 28.8 Å². The van der Waals surface area contributed by atoms with E-state index in [1.54, 1.807) is 41.9 Å². The van der Waals surface area contributed by atoms with Gasteiger partial charge < -0.3 is 10.6 Å². The molecule has 0 spiro atoms. The molecule has 3 heterocycles. The van der Waals surface area contributed by atoms with Crippen molar-refractivity contribution in [1.29, 1.82) is 5.26 Å². The highest BCUT2D eigenvalue weighted by Gasteiger charge is 2.17. The molecule has 0 saturated carbocycles. The van der Waals surface area contributed by atoms with Crippen LogP contribution in [-0.4, -0.2) is 35.4 Å². The van der Waals surface area contributed by atoms with Gasteiger partial charge in [0, 0.05) is 11.8 Å². The molecular weight excluding hydrogens is 418 g/mol. The number of anilines is 2. The Morgan fingerprint density at radius 2 is 2.00 bits per heavy atom. The highest BCUT2D eigenvalue weighted by atomic mass is 35.5. The fraction of sp³-hybridized carbons (Fsp3) is 0.200. The number of aromatic nitrogens is 6. The van der Waals surface area contributed by atoms with Crippen LogP contribution in [0.3, 0.4) is 0 Å². The Labute approximate surface area is 182 Å². The first-order valence-electron chi connectivity index (χ1n) is 9.40. The standard InChI is InChI=1S/C20H18ClN9O/c1-11(2)19-15(9-23-18-7-17(21)28-30(18)19)26-20(31)25-14-4-5-16(13(6-14)8-22)29-10-24-12(3)27-29/h4-7,9-11H,1-3H3,(H2,25,26,31). The van der Waals surface area contributed by atoms with Gasteiger partial charge in [0.15, 0.2) is 10.8 Å². The molecule has 0 radical (unpaired) electrons. The summed E-state index contributed by atoms with van der Waals surface area (Å²) in [4.78, 5) is 21.0. The van der Waals surface area contributed by atoms with Crippen molar-refractivity contribution in [3.05, 3.63) is 59.0 Å². The molecule has 31 heavy (non-hydrogen) atoms. The molecular formula is C20H18ClN9O. The van der Waals surface area contributed by atoms with Gasteiger partial charge in [-0.15, -0.1) is 0 Å². The summed E-state index contributed by atoms with van der Waals surface area (Å²) in [5.41, 5.74) is 3.24. The summed E-state index contributed by atoms with van der Waals surface area (Å²) >= 11 is 6.00. The van der Waals surface area contributed by atoms with Crippen molar-refractivity contribution in [2.24, 2.45) is 0 Å². The Morgan fingerprint density at radius 1 is 1.19 bits per heavy atom. The molecule has 3 aromatic heterocycles. The zero-order valence-electron chi connectivity index (χ0n) is 17.0. The monoisotopic (exact) mass is 435 g/mol. The Morgan fingerprint density at radius 3 is 2.68 bits per heavy atom. The summed E-state index contributed by atoms with van der Waals surface area (Å²) in [6, 6.07) is 8.25. The lowest BCUT2D eigenvalue weighted by Crippen LogP contribution is -2.22. The maximum absolute atomic E-state index is 12.6. The summed E-state index contributed by atoms with van der Waals surface area (Å²) in [5, 5.41) is 23.8. The molecule has 2 amide bonds. The van der Waals surface area contributed by atoms with Gasteiger partial charge in [-0.3, -0.25) is 0 Å². The number of hydrogen-bond acceptors (Lipinski definition) is 6. The average molecular weight is 436 g/mol. The first-order chi connectivity index (χ1) is 14.9. The van der Waals surface area contributed by atoms with Crippen molar-refractivity contribution >= 4 is 34.7 Å². The number of aryl methyl sites for hydroxylation is 1. The molecule has 0 unspecified atom stereocenters. The number of benzene rings is 1. The normalized spacial score (nSPS) is 11.0. The minimum absolute atomic E-state index is 0.0485. The highest BCUT2D eigenvalue weighted by molar-refractivity contribution is 6.29. The van der Waals surface area contributed by atoms with Crippen molar-refractivity contribution < 1.29 is 4.79 Å². The lowest BCUT2D eigenvalue weighted by Gasteiger charge is -2.15. The maximum Gasteiger partial charge on any atom is 0.323 e. The Kier molecular flexibility index (Phi) is 5.27. The molecule has 2 N–H and O–H groups in total. The zero-order chi connectivity index (χ0) is 22.1. The molecule has 0 aliphatic carbocycles. The average Bonchev–Trinajstić information content (AvgIpc) is 3.31. The van der Waals surface area contributed by atoms with Crippen LogP contribution in [0.25, 0.3) is 11.3 Å². The van der Waals surface area contributed by atoms with E-state index in [1.807, 2.05) is 13.8 Å². The molecule has 4 rings (SSSR count). The second-order valence-electron chi connectivity index (χ2n) is 7.11. The number of carbonyl (C=O) groups is 1. The third-order valence-corrected chi connectivity index (χ3v) is 4.70. The van der Waals surface area contributed by atoms with Crippen LogP contribution in [0.5, 0.6) is 0 Å². The lowest BCUT2D eigenvalue weighted by atomic mass is 10.1. The third-order valence-electron chi connectivity index (χ3n) is 4.51. The predicted molar refractivity (Wildman–Crippen MR) is 116 cm³/mol. The number of fused-ring (bicyclic) bond motifs is 1. The van der Waals surface area contributed by atoms with Crippen molar-refractivity contribution in [3.8, 4) is 11.8 Å². The number of rotatable bonds is 4. The van der Waals surface area contributed by atoms with Gasteiger partial charge in [0.1, 0.15) is 18.2 Å². The van der Waals surface area contributed by atoms with Gasteiger partial charge >= 0.3 is 6.03 Å². The smallest absolute Gasteiger partial charge is 0.308 e. The van der Waals surface area contributed by atoms with Crippen molar-refractivity contribution in [1.82, 2.24) is 29.4 Å². The van der Waals surface area contributed by atoms with E-state index < -0.39 is 6.03 Å². The molecule has 4 aromatic rings. The van der Waals surface area contributed by atoms with Gasteiger partial charge in [-0.1, -0.05) is 25.4 Å². The van der Waals surface area contributed by atoms with E-state index in [9.17, 15) is 10.1 Å². The number of urea groups is 1. The molecule has 1 aromatic carbocycles. The molecule has 0 fully saturated rings. The van der Waals surface area contributed by atoms with Crippen LogP contribution >= 0.6 is 11.6 Å². The van der Waals surface area contributed by atoms with Crippen LogP contribution in [0, 0.1) is 18.3 Å². The van der Waals surface area contributed by atoms with Gasteiger partial charge in [-0.2, -0.15) is 15.5 Å². The number of nitrogens with one attached hydrogen (secondary N) is 2. The van der Waals surface area contributed by atoms with E-state index in [0.717, 1.165) is 5.69 Å². The fourth-order valence-corrected chi connectivity index (χ4v) is 3.40. The van der Waals surface area contributed by atoms with Crippen LogP contribution in [0.15, 0.2) is 36.8 Å². The SMILES string of the molecule is Cc1ncn(-c2ccc(NC(=O)Nc3cnc4cc(Cl)nn4c3C(C)C)cc2C#N)n1. The summed E-state index contributed by atoms with van der Waals surface area (Å²) in [6.07, 6.45) is 3.10. The van der Waals surface area contributed by atoms with E-state index in [1.165, 1.54) is 11.0 Å². The number of carbonyl (C=O) groups excluding carboxylic acids is 1. The van der Waals surface area contributed by atoms with Crippen LogP contribution in [-0.2, 0) is 0 Å². The van der Waals surface area contributed by atoms with E-state index >= 15 is 0 Å². The number of nitrogens with zero attached hydrogens (tertiary/aromatic N) is 7. The van der Waals surface area contributed by atoms with Gasteiger partial charge in [-0.25, -0.2) is 24.0 Å². The Bertz CT molecular complexity index is 1330. The quantitative estimate of drug-likeness (QED) is 0.500. The first kappa shape index (κ1) is 20.3. The van der Waals surface area contributed by atoms with E-state index in [0.29, 0.717) is 39.3 Å². The molecule has 10 nitrogen and oxygen atoms in total. The summed E-state index contributed by atoms with van der Waals surface area (Å²) in [6.45, 7) is 5.73. The maximum atomic E-state index is 12.6. The molecule has 156 valence electrons. The Hall–Kier alpha value is -3.97. The Balaban J connectivity index is 1.58. The van der Waals surface area contributed by atoms with Crippen LogP contribution < -0.4 is 10.6 Å². The molecule has 0 bridgehead atoms. The minimum atomic E-state index is -0.477. The van der Waals surface area contributed by atoms with Gasteiger partial charge in [-0.05, 0) is 31.0 Å². The second-order valence-corrected chi connectivity index (χ2v) is 7.50. The first-order valence-corrected chi connectivity index (χ1v) is 9.78. The number of halogens is 1. The van der Waals surface area contributed by atoms with Crippen molar-refractivity contribution in [2.45, 2.75) is 26.7 Å². The number of amides is 2. The summed E-state index contributed by atoms with van der Waals surface area (Å²) in [5.74, 6) is 0.642. The summed E-state index contributed by atoms with van der Waals surface area (Å²) < 4.78 is 3.13. The van der Waals surface area contributed by atoms with Crippen LogP contribution in [0.4, 0.5) is 16.2 Å². The molecule has 0 saturated heterocycles. The van der Waals surface area contributed by atoms with E-state index in [4.69, 9.17) is 11.6 Å². The van der Waals surface area contributed by atoms with Crippen molar-refractivity contribution in [3.63, 3.8) is 0 Å². The number of hydrogen-bond donors (Lipinski definition) is 2. The molecule has 0 aliphatic heterocycles. The largest absolute Gasteiger partial charge is 0.323 e. The third kappa shape index (κ3) is 4.04. The van der Waals surface area contributed by atoms with Crippen LogP contribution in [0.2, 0.25) is 5.15 Å². The lowest BCUT2D eigenvalue weighted by molar-refractivity contribution is 0.262. The van der Waals surface area contributed by atoms with Gasteiger partial charge in [0.2, 0.25) is 0 Å². The summed E-state index contributed by atoms with van der Waals surface area (Å²) in [7, 11) is 0. The predicted octanol–water partition coefficient (Wildman–Crippen LogP) is 3.91. The highest BCUT2D eigenvalue weighted by Crippen LogP contribution is 2.26. The van der Waals surface area contributed by atoms with Crippen molar-refractivity contribution in [2.75, 3.05) is 10.6 Å². The van der Waals surface area contributed by atoms with Crippen LogP contribution in [0.1, 0.15) is 36.8 Å². The topological polar surface area (TPSA) is 126 Å². The molecule has 11 heteroatoms. The van der Waals surface area contributed by atoms with E-state index in [-0.39, 0.29) is 5.92 Å². The zero-order valence-corrected chi connectivity index (χ0v) is 17.7.